The summed E-state index contributed by atoms with van der Waals surface area (Å²) < 4.78 is 45.8. The number of carboxylic acids is 1. The van der Waals surface area contributed by atoms with Crippen LogP contribution in [0.5, 0.6) is 17.2 Å². The number of Topliss-reactive ketones (excluding diaryl/α,β-unsaturated/α-hetero) is 2. The number of benzene rings is 3. The summed E-state index contributed by atoms with van der Waals surface area (Å²) in [6.07, 6.45) is 8.72. The number of aromatic nitrogens is 2. The fraction of sp³-hybridized carbons (Fsp3) is 0.375. The molecule has 25 nitrogen and oxygen atoms in total. The van der Waals surface area contributed by atoms with E-state index >= 15 is 0 Å². The first-order valence-corrected chi connectivity index (χ1v) is 28.0. The van der Waals surface area contributed by atoms with Crippen molar-refractivity contribution in [3.05, 3.63) is 145 Å². The molecule has 1 saturated carbocycles. The fourth-order valence-corrected chi connectivity index (χ4v) is 12.5. The van der Waals surface area contributed by atoms with E-state index in [9.17, 15) is 67.8 Å². The van der Waals surface area contributed by atoms with Gasteiger partial charge in [0.2, 0.25) is 23.9 Å². The number of carbonyl (C=O) groups is 4. The summed E-state index contributed by atoms with van der Waals surface area (Å²) in [4.78, 5) is 74.5. The van der Waals surface area contributed by atoms with E-state index in [1.165, 1.54) is 106 Å². The number of rotatable bonds is 13. The number of sulfonamides is 1. The summed E-state index contributed by atoms with van der Waals surface area (Å²) in [6, 6.07) is 14.0. The molecule has 0 saturated heterocycles. The number of amides is 1. The van der Waals surface area contributed by atoms with Gasteiger partial charge < -0.3 is 71.2 Å². The predicted molar refractivity (Wildman–Crippen MR) is 304 cm³/mol. The second-order valence-corrected chi connectivity index (χ2v) is 22.3. The molecule has 0 spiro atoms. The number of pyridine rings is 1. The van der Waals surface area contributed by atoms with Gasteiger partial charge in [-0.25, -0.2) is 4.79 Å². The van der Waals surface area contributed by atoms with Crippen LogP contribution in [0.15, 0.2) is 121 Å². The van der Waals surface area contributed by atoms with Crippen LogP contribution in [-0.4, -0.2) is 143 Å². The lowest BCUT2D eigenvalue weighted by atomic mass is 9.53. The SMILES string of the molecule is C=CCOC1=NS(=O)(=O)c2ccccc21.CCCCCCCCn1sccc1=O.CCn1cc(C(=O)O)c(=O)c2cc3c(cc21)OCO3.CN(C)[C@@H]1C(=O)C(C(N)=O)=C(O)[C@@]2(O)C(=O)C3=C(O)c4c(O)cccc4[C@@](C)(O)[C@H]3[C@H](O)[C@@H]12.O.O. The summed E-state index contributed by atoms with van der Waals surface area (Å²) in [7, 11) is -0.758. The number of unbranched alkanes of at least 4 members (excludes halogenated alkanes) is 5. The highest BCUT2D eigenvalue weighted by molar-refractivity contribution is 7.90. The van der Waals surface area contributed by atoms with Gasteiger partial charge in [-0.1, -0.05) is 87.5 Å². The Labute approximate surface area is 479 Å². The number of primary amides is 1. The molecular formula is C56H67N5O20S2. The number of hydrogen-bond acceptors (Lipinski definition) is 19. The first kappa shape index (κ1) is 65.8. The number of carbonyl (C=O) groups excluding carboxylic acids is 3. The summed E-state index contributed by atoms with van der Waals surface area (Å²) in [5, 5.41) is 77.6. The number of aliphatic hydroxyl groups excluding tert-OH is 3. The number of hydrogen-bond donors (Lipinski definition) is 8. The molecule has 448 valence electrons. The summed E-state index contributed by atoms with van der Waals surface area (Å²) in [6.45, 7) is 10.6. The highest BCUT2D eigenvalue weighted by Gasteiger charge is 2.70. The third-order valence-electron chi connectivity index (χ3n) is 14.5. The van der Waals surface area contributed by atoms with E-state index in [0.717, 1.165) is 13.0 Å². The van der Waals surface area contributed by atoms with E-state index in [0.29, 0.717) is 34.5 Å². The van der Waals surface area contributed by atoms with Gasteiger partial charge in [0, 0.05) is 36.8 Å². The minimum absolute atomic E-state index is 0. The topological polar surface area (TPSA) is 420 Å². The highest BCUT2D eigenvalue weighted by atomic mass is 32.2. The zero-order valence-corrected chi connectivity index (χ0v) is 47.5. The molecule has 0 radical (unpaired) electrons. The van der Waals surface area contributed by atoms with Gasteiger partial charge in [0.05, 0.1) is 57.2 Å². The lowest BCUT2D eigenvalue weighted by Crippen LogP contribution is -2.71. The number of ketones is 2. The summed E-state index contributed by atoms with van der Waals surface area (Å²) in [5.74, 6) is -9.72. The number of nitrogens with two attached hydrogens (primary N) is 1. The smallest absolute Gasteiger partial charge is 0.341 e. The Morgan fingerprint density at radius 3 is 2.20 bits per heavy atom. The van der Waals surface area contributed by atoms with Crippen molar-refractivity contribution in [2.45, 2.75) is 101 Å². The molecule has 2 aromatic heterocycles. The van der Waals surface area contributed by atoms with Crippen LogP contribution in [0.3, 0.4) is 0 Å². The van der Waals surface area contributed by atoms with Crippen molar-refractivity contribution in [2.75, 3.05) is 27.5 Å². The lowest BCUT2D eigenvalue weighted by Gasteiger charge is -2.55. The number of nitrogens with zero attached hydrogens (tertiary/aromatic N) is 4. The third-order valence-corrected chi connectivity index (χ3v) is 16.7. The number of phenolic OH excluding ortho intramolecular Hbond substituents is 1. The molecular weight excluding hydrogens is 1130 g/mol. The van der Waals surface area contributed by atoms with Crippen molar-refractivity contribution in [3.63, 3.8) is 0 Å². The second kappa shape index (κ2) is 26.5. The summed E-state index contributed by atoms with van der Waals surface area (Å²) in [5.41, 5.74) is -1.22. The number of carboxylic acid groups (broad SMARTS) is 1. The highest BCUT2D eigenvalue weighted by Crippen LogP contribution is 2.57. The maximum absolute atomic E-state index is 13.7. The van der Waals surface area contributed by atoms with Gasteiger partial charge in [-0.15, -0.1) is 4.40 Å². The van der Waals surface area contributed by atoms with Gasteiger partial charge in [0.25, 0.3) is 21.5 Å². The van der Waals surface area contributed by atoms with Gasteiger partial charge in [-0.05, 0) is 64.2 Å². The Morgan fingerprint density at radius 1 is 0.952 bits per heavy atom. The van der Waals surface area contributed by atoms with E-state index in [-0.39, 0.29) is 57.4 Å². The Kier molecular flexibility index (Phi) is 21.0. The third kappa shape index (κ3) is 12.4. The molecule has 27 heteroatoms. The maximum Gasteiger partial charge on any atom is 0.341 e. The number of phenols is 1. The van der Waals surface area contributed by atoms with E-state index in [1.54, 1.807) is 41.0 Å². The first-order chi connectivity index (χ1) is 38.3. The van der Waals surface area contributed by atoms with E-state index < -0.39 is 102 Å². The quantitative estimate of drug-likeness (QED) is 0.0477. The molecule has 0 unspecified atom stereocenters. The van der Waals surface area contributed by atoms with Crippen molar-refractivity contribution in [1.29, 1.82) is 0 Å². The number of aliphatic hydroxyl groups is 5. The van der Waals surface area contributed by atoms with E-state index in [4.69, 9.17) is 25.1 Å². The number of fused-ring (bicyclic) bond motifs is 6. The van der Waals surface area contributed by atoms with Gasteiger partial charge >= 0.3 is 5.97 Å². The average molecular weight is 1190 g/mol. The van der Waals surface area contributed by atoms with Crippen molar-refractivity contribution >= 4 is 67.6 Å². The molecule has 83 heavy (non-hydrogen) atoms. The minimum Gasteiger partial charge on any atom is -0.508 e. The molecule has 5 aromatic rings. The molecule has 4 heterocycles. The number of aryl methyl sites for hydroxylation is 2. The van der Waals surface area contributed by atoms with Crippen LogP contribution in [0.4, 0.5) is 0 Å². The van der Waals surface area contributed by atoms with Crippen molar-refractivity contribution < 1.29 is 88.5 Å². The predicted octanol–water partition coefficient (Wildman–Crippen LogP) is 3.01. The van der Waals surface area contributed by atoms with Gasteiger partial charge in [0.1, 0.15) is 39.9 Å². The molecule has 2 aliphatic heterocycles. The van der Waals surface area contributed by atoms with Crippen molar-refractivity contribution in [1.82, 2.24) is 13.4 Å². The molecule has 1 fully saturated rings. The molecule has 5 aliphatic rings. The fourth-order valence-electron chi connectivity index (χ4n) is 10.6. The Balaban J connectivity index is 0.000000216. The van der Waals surface area contributed by atoms with Crippen LogP contribution >= 0.6 is 11.5 Å². The van der Waals surface area contributed by atoms with Crippen LogP contribution in [0.25, 0.3) is 16.7 Å². The van der Waals surface area contributed by atoms with Gasteiger partial charge in [-0.3, -0.25) is 32.8 Å². The number of likely N-dealkylation sites (N-methyl/N-ethyl adjacent to an activating group) is 1. The van der Waals surface area contributed by atoms with E-state index in [1.807, 2.05) is 16.3 Å². The van der Waals surface area contributed by atoms with Crippen LogP contribution in [0.1, 0.15) is 86.3 Å². The molecule has 3 aromatic carbocycles. The Bertz CT molecular complexity index is 3650. The van der Waals surface area contributed by atoms with Gasteiger partial charge in [-0.2, -0.15) is 8.42 Å². The standard InChI is InChI=1S/C22H24N2O9.C13H11NO5.C11H19NOS.C10H9NO3S.2H2O/c1-21(32)7-5-4-6-8(25)9(7)15(26)10-12(21)17(28)13-14(24(2)3)16(27)11(20(23)31)19(30)22(13,33)18(10)29;1-2-14-5-8(13(16)17)12(15)7-3-10-11(4-9(7)14)19-6-18-10;1-2-3-4-5-6-7-9-12-11(13)8-10-14-12;1-2-7-14-10-8-5-3-4-6-9(8)15(12,13)11-10;;/h4-6,12-14,17,25-26,28,30,32-33H,1-3H3,(H2,23,31);3-5H,2,6H2,1H3,(H,16,17);8,10H,2-7,9H2,1H3;2-6H,1,7H2;2*1H2/t12-,13-,14+,17+,21-,22+;;;;;/m1...../s1. The second-order valence-electron chi connectivity index (χ2n) is 19.8. The average Bonchev–Trinajstić information content (AvgIpc) is 2.91. The minimum atomic E-state index is -3.56. The summed E-state index contributed by atoms with van der Waals surface area (Å²) >= 11 is 1.52. The normalized spacial score (nSPS) is 22.1. The molecule has 10 rings (SSSR count). The maximum atomic E-state index is 13.7. The van der Waals surface area contributed by atoms with Crippen LogP contribution in [-0.2, 0) is 47.8 Å². The van der Waals surface area contributed by atoms with Gasteiger partial charge in [0.15, 0.2) is 22.9 Å². The zero-order valence-electron chi connectivity index (χ0n) is 45.9. The van der Waals surface area contributed by atoms with Crippen LogP contribution in [0, 0.1) is 11.8 Å². The number of ether oxygens (including phenoxy) is 3. The molecule has 6 atom stereocenters. The molecule has 13 N–H and O–H groups in total. The Hall–Kier alpha value is -8.02. The van der Waals surface area contributed by atoms with Crippen LogP contribution < -0.4 is 26.2 Å². The molecule has 0 bridgehead atoms. The van der Waals surface area contributed by atoms with Crippen molar-refractivity contribution in [2.24, 2.45) is 22.0 Å². The lowest BCUT2D eigenvalue weighted by molar-refractivity contribution is -0.181. The van der Waals surface area contributed by atoms with Crippen molar-refractivity contribution in [3.8, 4) is 17.2 Å². The number of aromatic hydroxyl groups is 1. The largest absolute Gasteiger partial charge is 0.508 e. The molecule has 1 amide bonds. The Morgan fingerprint density at radius 2 is 1.60 bits per heavy atom. The number of aromatic carboxylic acids is 1. The van der Waals surface area contributed by atoms with Crippen LogP contribution in [0.2, 0.25) is 0 Å². The zero-order chi connectivity index (χ0) is 59.5. The molecule has 3 aliphatic carbocycles. The monoisotopic (exact) mass is 1190 g/mol. The first-order valence-electron chi connectivity index (χ1n) is 25.7. The van der Waals surface area contributed by atoms with E-state index in [2.05, 4.69) is 17.9 Å².